The predicted molar refractivity (Wildman–Crippen MR) is 80.1 cm³/mol. The number of halogens is 3. The molecule has 0 bridgehead atoms. The van der Waals surface area contributed by atoms with Gasteiger partial charge in [-0.3, -0.25) is 4.79 Å². The number of carbonyl (C=O) groups excluding carboxylic acids is 1. The zero-order chi connectivity index (χ0) is 15.4. The first-order valence-electron chi connectivity index (χ1n) is 5.93. The lowest BCUT2D eigenvalue weighted by Gasteiger charge is -2.08. The van der Waals surface area contributed by atoms with Gasteiger partial charge in [-0.2, -0.15) is 5.26 Å². The number of nitrogens with one attached hydrogen (secondary N) is 1. The van der Waals surface area contributed by atoms with Gasteiger partial charge in [0.25, 0.3) is 5.91 Å². The van der Waals surface area contributed by atoms with Gasteiger partial charge in [-0.05, 0) is 29.8 Å². The quantitative estimate of drug-likeness (QED) is 0.848. The van der Waals surface area contributed by atoms with Gasteiger partial charge in [-0.25, -0.2) is 4.39 Å². The van der Waals surface area contributed by atoms with Crippen LogP contribution < -0.4 is 5.32 Å². The van der Waals surface area contributed by atoms with Crippen molar-refractivity contribution in [3.63, 3.8) is 0 Å². The van der Waals surface area contributed by atoms with Crippen LogP contribution >= 0.6 is 23.2 Å². The summed E-state index contributed by atoms with van der Waals surface area (Å²) in [5, 5.41) is 11.1. The van der Waals surface area contributed by atoms with Crippen molar-refractivity contribution in [2.24, 2.45) is 0 Å². The van der Waals surface area contributed by atoms with E-state index in [2.05, 4.69) is 5.32 Å². The van der Waals surface area contributed by atoms with Gasteiger partial charge in [0.15, 0.2) is 0 Å². The molecule has 0 radical (unpaired) electrons. The van der Waals surface area contributed by atoms with Gasteiger partial charge in [0.05, 0.1) is 28.1 Å². The van der Waals surface area contributed by atoms with E-state index >= 15 is 0 Å². The Hall–Kier alpha value is -2.09. The molecule has 0 unspecified atom stereocenters. The summed E-state index contributed by atoms with van der Waals surface area (Å²) in [5.41, 5.74) is 1.36. The number of carbonyl (C=O) groups is 1. The third-order valence-corrected chi connectivity index (χ3v) is 3.35. The Morgan fingerprint density at radius 1 is 1.19 bits per heavy atom. The minimum Gasteiger partial charge on any atom is -0.322 e. The number of benzene rings is 2. The van der Waals surface area contributed by atoms with Gasteiger partial charge in [-0.15, -0.1) is 0 Å². The second-order valence-electron chi connectivity index (χ2n) is 4.23. The van der Waals surface area contributed by atoms with Gasteiger partial charge in [0.2, 0.25) is 0 Å². The highest BCUT2D eigenvalue weighted by molar-refractivity contribution is 6.37. The zero-order valence-electron chi connectivity index (χ0n) is 10.7. The monoisotopic (exact) mass is 322 g/mol. The molecule has 2 rings (SSSR count). The Bertz CT molecular complexity index is 724. The Labute approximate surface area is 130 Å². The van der Waals surface area contributed by atoms with Crippen LogP contribution in [0.4, 0.5) is 10.1 Å². The van der Waals surface area contributed by atoms with E-state index in [-0.39, 0.29) is 15.6 Å². The van der Waals surface area contributed by atoms with Crippen molar-refractivity contribution in [1.82, 2.24) is 0 Å². The molecule has 2 aromatic carbocycles. The van der Waals surface area contributed by atoms with Gasteiger partial charge >= 0.3 is 0 Å². The molecule has 0 fully saturated rings. The summed E-state index contributed by atoms with van der Waals surface area (Å²) in [4.78, 5) is 12.1. The van der Waals surface area contributed by atoms with Gasteiger partial charge < -0.3 is 5.32 Å². The fraction of sp³-hybridized carbons (Fsp3) is 0.0667. The van der Waals surface area contributed by atoms with Gasteiger partial charge in [0.1, 0.15) is 5.82 Å². The number of nitrogens with zero attached hydrogens (tertiary/aromatic N) is 1. The Kier molecular flexibility index (Phi) is 4.79. The number of anilines is 1. The third-order valence-electron chi connectivity index (χ3n) is 2.75. The second-order valence-corrected chi connectivity index (χ2v) is 5.05. The molecule has 0 saturated carbocycles. The van der Waals surface area contributed by atoms with Crippen molar-refractivity contribution in [2.75, 3.05) is 5.32 Å². The van der Waals surface area contributed by atoms with Crippen LogP contribution in [0.5, 0.6) is 0 Å². The van der Waals surface area contributed by atoms with E-state index in [1.807, 2.05) is 6.07 Å². The molecule has 21 heavy (non-hydrogen) atoms. The van der Waals surface area contributed by atoms with Crippen LogP contribution in [0.2, 0.25) is 10.0 Å². The Morgan fingerprint density at radius 2 is 1.86 bits per heavy atom. The van der Waals surface area contributed by atoms with E-state index in [1.54, 1.807) is 24.3 Å². The normalized spacial score (nSPS) is 10.0. The van der Waals surface area contributed by atoms with Crippen LogP contribution in [0.15, 0.2) is 36.4 Å². The fourth-order valence-corrected chi connectivity index (χ4v) is 2.16. The molecule has 1 amide bonds. The molecule has 0 aliphatic rings. The summed E-state index contributed by atoms with van der Waals surface area (Å²) in [6, 6.07) is 11.0. The number of hydrogen-bond acceptors (Lipinski definition) is 2. The van der Waals surface area contributed by atoms with E-state index in [1.165, 1.54) is 6.07 Å². The van der Waals surface area contributed by atoms with E-state index in [0.717, 1.165) is 11.6 Å². The van der Waals surface area contributed by atoms with Crippen LogP contribution in [-0.2, 0) is 6.42 Å². The molecule has 0 aromatic heterocycles. The standard InChI is InChI=1S/C15H9Cl2FN2O/c16-12-8-13(17)14(18)7-11(12)15(21)20-10-3-1-9(2-4-10)5-6-19/h1-4,7-8H,5H2,(H,20,21). The van der Waals surface area contributed by atoms with Crippen LogP contribution in [0.3, 0.4) is 0 Å². The third kappa shape index (κ3) is 3.72. The van der Waals surface area contributed by atoms with Crippen molar-refractivity contribution in [2.45, 2.75) is 6.42 Å². The van der Waals surface area contributed by atoms with Crippen LogP contribution in [0, 0.1) is 17.1 Å². The van der Waals surface area contributed by atoms with Crippen molar-refractivity contribution < 1.29 is 9.18 Å². The Morgan fingerprint density at radius 3 is 2.48 bits per heavy atom. The lowest BCUT2D eigenvalue weighted by atomic mass is 10.1. The summed E-state index contributed by atoms with van der Waals surface area (Å²) in [5.74, 6) is -1.25. The lowest BCUT2D eigenvalue weighted by Crippen LogP contribution is -2.13. The number of hydrogen-bond donors (Lipinski definition) is 1. The molecule has 0 saturated heterocycles. The fourth-order valence-electron chi connectivity index (χ4n) is 1.69. The van der Waals surface area contributed by atoms with Crippen molar-refractivity contribution >= 4 is 34.8 Å². The number of rotatable bonds is 3. The first-order chi connectivity index (χ1) is 10.0. The van der Waals surface area contributed by atoms with E-state index in [4.69, 9.17) is 28.5 Å². The summed E-state index contributed by atoms with van der Waals surface area (Å²) < 4.78 is 13.4. The summed E-state index contributed by atoms with van der Waals surface area (Å²) >= 11 is 11.5. The summed E-state index contributed by atoms with van der Waals surface area (Å²) in [6.07, 6.45) is 0.294. The molecule has 1 N–H and O–H groups in total. The molecule has 0 aliphatic heterocycles. The minimum atomic E-state index is -0.712. The van der Waals surface area contributed by atoms with E-state index in [9.17, 15) is 9.18 Å². The van der Waals surface area contributed by atoms with Gasteiger partial charge in [-0.1, -0.05) is 35.3 Å². The first-order valence-corrected chi connectivity index (χ1v) is 6.68. The van der Waals surface area contributed by atoms with Crippen molar-refractivity contribution in [3.8, 4) is 6.07 Å². The summed E-state index contributed by atoms with van der Waals surface area (Å²) in [6.45, 7) is 0. The largest absolute Gasteiger partial charge is 0.322 e. The zero-order valence-corrected chi connectivity index (χ0v) is 12.2. The lowest BCUT2D eigenvalue weighted by molar-refractivity contribution is 0.102. The maximum Gasteiger partial charge on any atom is 0.257 e. The molecular weight excluding hydrogens is 314 g/mol. The first kappa shape index (κ1) is 15.3. The second kappa shape index (κ2) is 6.57. The smallest absolute Gasteiger partial charge is 0.257 e. The van der Waals surface area contributed by atoms with Crippen LogP contribution in [-0.4, -0.2) is 5.91 Å². The molecule has 3 nitrogen and oxygen atoms in total. The van der Waals surface area contributed by atoms with Crippen LogP contribution in [0.1, 0.15) is 15.9 Å². The topological polar surface area (TPSA) is 52.9 Å². The maximum absolute atomic E-state index is 13.4. The molecule has 6 heteroatoms. The summed E-state index contributed by atoms with van der Waals surface area (Å²) in [7, 11) is 0. The SMILES string of the molecule is N#CCc1ccc(NC(=O)c2cc(F)c(Cl)cc2Cl)cc1. The molecule has 0 atom stereocenters. The maximum atomic E-state index is 13.4. The highest BCUT2D eigenvalue weighted by atomic mass is 35.5. The molecule has 0 spiro atoms. The molecule has 106 valence electrons. The molecule has 0 heterocycles. The van der Waals surface area contributed by atoms with E-state index in [0.29, 0.717) is 12.1 Å². The van der Waals surface area contributed by atoms with Crippen molar-refractivity contribution in [3.05, 3.63) is 63.4 Å². The van der Waals surface area contributed by atoms with Crippen LogP contribution in [0.25, 0.3) is 0 Å². The number of nitriles is 1. The minimum absolute atomic E-state index is 0.000307. The van der Waals surface area contributed by atoms with Crippen molar-refractivity contribution in [1.29, 1.82) is 5.26 Å². The molecule has 2 aromatic rings. The average molecular weight is 323 g/mol. The highest BCUT2D eigenvalue weighted by Gasteiger charge is 2.14. The molecular formula is C15H9Cl2FN2O. The Balaban J connectivity index is 2.18. The van der Waals surface area contributed by atoms with E-state index < -0.39 is 11.7 Å². The highest BCUT2D eigenvalue weighted by Crippen LogP contribution is 2.25. The molecule has 0 aliphatic carbocycles. The predicted octanol–water partition coefficient (Wildman–Crippen LogP) is 4.45. The average Bonchev–Trinajstić information content (AvgIpc) is 2.45. The number of amides is 1. The van der Waals surface area contributed by atoms with Gasteiger partial charge in [0, 0.05) is 5.69 Å².